The molecule has 0 radical (unpaired) electrons. The van der Waals surface area contributed by atoms with Crippen molar-refractivity contribution < 1.29 is 19.1 Å². The molecule has 0 spiro atoms. The number of rotatable bonds is 6. The Morgan fingerprint density at radius 2 is 1.97 bits per heavy atom. The maximum absolute atomic E-state index is 12.6. The second kappa shape index (κ2) is 9.30. The van der Waals surface area contributed by atoms with Crippen molar-refractivity contribution in [2.45, 2.75) is 26.4 Å². The molecule has 0 bridgehead atoms. The lowest BCUT2D eigenvalue weighted by molar-refractivity contribution is -0.133. The molecule has 3 rings (SSSR count). The van der Waals surface area contributed by atoms with Crippen LogP contribution in [0.5, 0.6) is 5.75 Å². The number of carbonyl (C=O) groups is 3. The molecule has 30 heavy (non-hydrogen) atoms. The molecule has 8 heteroatoms. The summed E-state index contributed by atoms with van der Waals surface area (Å²) in [4.78, 5) is 40.3. The summed E-state index contributed by atoms with van der Waals surface area (Å²) in [6.45, 7) is 3.74. The Bertz CT molecular complexity index is 979. The van der Waals surface area contributed by atoms with Gasteiger partial charge in [-0.25, -0.2) is 0 Å². The first-order valence-electron chi connectivity index (χ1n) is 9.63. The SMILES string of the molecule is Cc1cc(Br)ccc1NC(=O)CN(C)C(=O)CCN1C(=O)[C@H](C)Oc2ccccc21. The minimum absolute atomic E-state index is 0.0710. The van der Waals surface area contributed by atoms with Crippen LogP contribution < -0.4 is 15.0 Å². The Balaban J connectivity index is 1.57. The van der Waals surface area contributed by atoms with Crippen molar-refractivity contribution in [1.29, 1.82) is 0 Å². The molecule has 0 aromatic heterocycles. The molecule has 2 aromatic rings. The van der Waals surface area contributed by atoms with Gasteiger partial charge in [0.05, 0.1) is 12.2 Å². The maximum Gasteiger partial charge on any atom is 0.267 e. The lowest BCUT2D eigenvalue weighted by Gasteiger charge is -2.33. The van der Waals surface area contributed by atoms with Crippen LogP contribution in [-0.2, 0) is 14.4 Å². The molecule has 1 aliphatic heterocycles. The molecule has 0 aliphatic carbocycles. The maximum atomic E-state index is 12.6. The Hall–Kier alpha value is -2.87. The van der Waals surface area contributed by atoms with Gasteiger partial charge in [-0.1, -0.05) is 28.1 Å². The second-order valence-electron chi connectivity index (χ2n) is 7.22. The Morgan fingerprint density at radius 3 is 2.70 bits per heavy atom. The van der Waals surface area contributed by atoms with Crippen LogP contribution in [0.15, 0.2) is 46.9 Å². The van der Waals surface area contributed by atoms with Gasteiger partial charge in [-0.2, -0.15) is 0 Å². The fraction of sp³-hybridized carbons (Fsp3) is 0.318. The highest BCUT2D eigenvalue weighted by molar-refractivity contribution is 9.10. The zero-order valence-electron chi connectivity index (χ0n) is 17.1. The number of nitrogens with zero attached hydrogens (tertiary/aromatic N) is 2. The van der Waals surface area contributed by atoms with Gasteiger partial charge in [0, 0.05) is 30.2 Å². The number of fused-ring (bicyclic) bond motifs is 1. The number of likely N-dealkylation sites (N-methyl/N-ethyl adjacent to an activating group) is 1. The van der Waals surface area contributed by atoms with Gasteiger partial charge >= 0.3 is 0 Å². The summed E-state index contributed by atoms with van der Waals surface area (Å²) in [7, 11) is 1.58. The van der Waals surface area contributed by atoms with Gasteiger partial charge in [0.2, 0.25) is 11.8 Å². The van der Waals surface area contributed by atoms with E-state index in [0.29, 0.717) is 17.1 Å². The van der Waals surface area contributed by atoms with E-state index in [9.17, 15) is 14.4 Å². The van der Waals surface area contributed by atoms with Crippen molar-refractivity contribution in [3.05, 3.63) is 52.5 Å². The molecular weight excluding hydrogens is 450 g/mol. The van der Waals surface area contributed by atoms with E-state index in [1.54, 1.807) is 31.0 Å². The highest BCUT2D eigenvalue weighted by Gasteiger charge is 2.31. The number of aryl methyl sites for hydroxylation is 1. The van der Waals surface area contributed by atoms with Gasteiger partial charge in [0.15, 0.2) is 6.10 Å². The van der Waals surface area contributed by atoms with Crippen LogP contribution in [0, 0.1) is 6.92 Å². The Kier molecular flexibility index (Phi) is 6.77. The number of nitrogens with one attached hydrogen (secondary N) is 1. The van der Waals surface area contributed by atoms with Gasteiger partial charge < -0.3 is 19.9 Å². The average molecular weight is 474 g/mol. The van der Waals surface area contributed by atoms with E-state index < -0.39 is 6.10 Å². The van der Waals surface area contributed by atoms with Crippen molar-refractivity contribution in [2.24, 2.45) is 0 Å². The molecule has 0 unspecified atom stereocenters. The summed E-state index contributed by atoms with van der Waals surface area (Å²) in [5.74, 6) is -0.0675. The van der Waals surface area contributed by atoms with Gasteiger partial charge in [0.1, 0.15) is 5.75 Å². The molecule has 1 aliphatic rings. The average Bonchev–Trinajstić information content (AvgIpc) is 2.70. The van der Waals surface area contributed by atoms with E-state index in [0.717, 1.165) is 10.0 Å². The number of hydrogen-bond acceptors (Lipinski definition) is 4. The third-order valence-electron chi connectivity index (χ3n) is 4.89. The normalized spacial score (nSPS) is 15.3. The zero-order valence-corrected chi connectivity index (χ0v) is 18.7. The highest BCUT2D eigenvalue weighted by Crippen LogP contribution is 2.33. The van der Waals surface area contributed by atoms with Crippen molar-refractivity contribution in [3.8, 4) is 5.75 Å². The zero-order chi connectivity index (χ0) is 21.8. The van der Waals surface area contributed by atoms with E-state index in [1.165, 1.54) is 4.90 Å². The number of ether oxygens (including phenoxy) is 1. The third kappa shape index (κ3) is 4.99. The molecule has 1 N–H and O–H groups in total. The lowest BCUT2D eigenvalue weighted by Crippen LogP contribution is -2.46. The Morgan fingerprint density at radius 1 is 1.23 bits per heavy atom. The third-order valence-corrected chi connectivity index (χ3v) is 5.39. The van der Waals surface area contributed by atoms with Crippen LogP contribution in [0.4, 0.5) is 11.4 Å². The first-order chi connectivity index (χ1) is 14.3. The standard InChI is InChI=1S/C22H24BrN3O4/c1-14-12-16(23)8-9-17(14)24-20(27)13-25(3)21(28)10-11-26-18-6-4-5-7-19(18)30-15(2)22(26)29/h4-9,12,15H,10-11,13H2,1-3H3,(H,24,27)/t15-/m0/s1. The smallest absolute Gasteiger partial charge is 0.267 e. The minimum Gasteiger partial charge on any atom is -0.479 e. The summed E-state index contributed by atoms with van der Waals surface area (Å²) in [5, 5.41) is 2.82. The van der Waals surface area contributed by atoms with Crippen molar-refractivity contribution in [1.82, 2.24) is 4.90 Å². The van der Waals surface area contributed by atoms with Crippen LogP contribution in [-0.4, -0.2) is 48.9 Å². The number of amides is 3. The largest absolute Gasteiger partial charge is 0.479 e. The summed E-state index contributed by atoms with van der Waals surface area (Å²) in [5.41, 5.74) is 2.28. The second-order valence-corrected chi connectivity index (χ2v) is 8.14. The predicted octanol–water partition coefficient (Wildman–Crippen LogP) is 3.36. The number of halogens is 1. The quantitative estimate of drug-likeness (QED) is 0.697. The van der Waals surface area contributed by atoms with Gasteiger partial charge in [-0.05, 0) is 49.7 Å². The first kappa shape index (κ1) is 21.8. The van der Waals surface area contributed by atoms with Crippen LogP contribution in [0.2, 0.25) is 0 Å². The molecule has 1 atom stereocenters. The summed E-state index contributed by atoms with van der Waals surface area (Å²) >= 11 is 3.39. The number of para-hydroxylation sites is 2. The fourth-order valence-corrected chi connectivity index (χ4v) is 3.72. The molecule has 1 heterocycles. The molecule has 0 saturated carbocycles. The van der Waals surface area contributed by atoms with Gasteiger partial charge in [0.25, 0.3) is 5.91 Å². The van der Waals surface area contributed by atoms with Crippen molar-refractivity contribution in [3.63, 3.8) is 0 Å². The van der Waals surface area contributed by atoms with E-state index in [2.05, 4.69) is 21.2 Å². The predicted molar refractivity (Wildman–Crippen MR) is 119 cm³/mol. The van der Waals surface area contributed by atoms with Crippen LogP contribution >= 0.6 is 15.9 Å². The van der Waals surface area contributed by atoms with E-state index in [4.69, 9.17) is 4.74 Å². The van der Waals surface area contributed by atoms with Gasteiger partial charge in [-0.3, -0.25) is 14.4 Å². The number of anilines is 2. The topological polar surface area (TPSA) is 79.0 Å². The number of benzene rings is 2. The molecule has 7 nitrogen and oxygen atoms in total. The molecule has 0 saturated heterocycles. The van der Waals surface area contributed by atoms with Gasteiger partial charge in [-0.15, -0.1) is 0 Å². The first-order valence-corrected chi connectivity index (χ1v) is 10.4. The van der Waals surface area contributed by atoms with Crippen molar-refractivity contribution in [2.75, 3.05) is 30.4 Å². The summed E-state index contributed by atoms with van der Waals surface area (Å²) < 4.78 is 6.54. The van der Waals surface area contributed by atoms with E-state index in [-0.39, 0.29) is 37.2 Å². The summed E-state index contributed by atoms with van der Waals surface area (Å²) in [6.07, 6.45) is -0.499. The highest BCUT2D eigenvalue weighted by atomic mass is 79.9. The molecular formula is C22H24BrN3O4. The molecule has 2 aromatic carbocycles. The molecule has 3 amide bonds. The molecule has 158 valence electrons. The van der Waals surface area contributed by atoms with E-state index >= 15 is 0 Å². The Labute approximate surface area is 184 Å². The molecule has 0 fully saturated rings. The van der Waals surface area contributed by atoms with Crippen LogP contribution in [0.1, 0.15) is 18.9 Å². The minimum atomic E-state index is -0.604. The van der Waals surface area contributed by atoms with E-state index in [1.807, 2.05) is 37.3 Å². The number of carbonyl (C=O) groups excluding carboxylic acids is 3. The monoisotopic (exact) mass is 473 g/mol. The summed E-state index contributed by atoms with van der Waals surface area (Å²) in [6, 6.07) is 12.8. The lowest BCUT2D eigenvalue weighted by atomic mass is 10.1. The van der Waals surface area contributed by atoms with Crippen LogP contribution in [0.25, 0.3) is 0 Å². The van der Waals surface area contributed by atoms with Crippen molar-refractivity contribution >= 4 is 45.0 Å². The van der Waals surface area contributed by atoms with Crippen LogP contribution in [0.3, 0.4) is 0 Å². The fourth-order valence-electron chi connectivity index (χ4n) is 3.25. The number of hydrogen-bond donors (Lipinski definition) is 1.